The van der Waals surface area contributed by atoms with Crippen molar-refractivity contribution in [3.63, 3.8) is 0 Å². The molecule has 0 radical (unpaired) electrons. The van der Waals surface area contributed by atoms with E-state index in [4.69, 9.17) is 10.8 Å². The average Bonchev–Trinajstić information content (AvgIpc) is 2.46. The zero-order valence-electron chi connectivity index (χ0n) is 10.8. The molecule has 0 amide bonds. The Morgan fingerprint density at radius 1 is 1.10 bits per heavy atom. The molecule has 2 aromatic rings. The van der Waals surface area contributed by atoms with E-state index >= 15 is 0 Å². The van der Waals surface area contributed by atoms with Crippen molar-refractivity contribution in [2.24, 2.45) is 5.73 Å². The zero-order valence-corrected chi connectivity index (χ0v) is 10.8. The Bertz CT molecular complexity index is 576. The van der Waals surface area contributed by atoms with Gasteiger partial charge in [0.25, 0.3) is 0 Å². The molecule has 1 atom stereocenters. The van der Waals surface area contributed by atoms with Crippen LogP contribution in [0.15, 0.2) is 36.4 Å². The summed E-state index contributed by atoms with van der Waals surface area (Å²) >= 11 is 0. The first kappa shape index (κ1) is 14.5. The van der Waals surface area contributed by atoms with Crippen LogP contribution in [0.1, 0.15) is 28.4 Å². The highest BCUT2D eigenvalue weighted by atomic mass is 19.1. The molecule has 2 aromatic carbocycles. The number of phenols is 1. The predicted octanol–water partition coefficient (Wildman–Crippen LogP) is 1.56. The molecule has 0 bridgehead atoms. The van der Waals surface area contributed by atoms with Crippen molar-refractivity contribution in [2.75, 3.05) is 0 Å². The molecule has 0 heterocycles. The van der Waals surface area contributed by atoms with E-state index in [2.05, 4.69) is 0 Å². The normalized spacial score (nSPS) is 12.4. The summed E-state index contributed by atoms with van der Waals surface area (Å²) in [6.45, 7) is -0.00671. The summed E-state index contributed by atoms with van der Waals surface area (Å²) in [5.74, 6) is -1.14. The van der Waals surface area contributed by atoms with Gasteiger partial charge in [-0.25, -0.2) is 4.39 Å². The maximum absolute atomic E-state index is 13.9. The number of aromatic hydroxyl groups is 1. The third-order valence-corrected chi connectivity index (χ3v) is 3.15. The van der Waals surface area contributed by atoms with Crippen molar-refractivity contribution < 1.29 is 19.7 Å². The van der Waals surface area contributed by atoms with Crippen LogP contribution < -0.4 is 5.73 Å². The zero-order chi connectivity index (χ0) is 14.7. The lowest BCUT2D eigenvalue weighted by Crippen LogP contribution is -2.05. The number of nitrogens with two attached hydrogens (primary N) is 1. The smallest absolute Gasteiger partial charge is 0.133 e. The molecule has 0 saturated carbocycles. The average molecular weight is 277 g/mol. The largest absolute Gasteiger partial charge is 0.507 e. The van der Waals surface area contributed by atoms with Gasteiger partial charge < -0.3 is 21.1 Å². The highest BCUT2D eigenvalue weighted by Crippen LogP contribution is 2.32. The monoisotopic (exact) mass is 277 g/mol. The highest BCUT2D eigenvalue weighted by Gasteiger charge is 2.20. The summed E-state index contributed by atoms with van der Waals surface area (Å²) in [7, 11) is 0. The van der Waals surface area contributed by atoms with Crippen LogP contribution in [0.2, 0.25) is 0 Å². The van der Waals surface area contributed by atoms with Crippen molar-refractivity contribution >= 4 is 0 Å². The van der Waals surface area contributed by atoms with E-state index in [1.807, 2.05) is 0 Å². The molecule has 0 fully saturated rings. The minimum Gasteiger partial charge on any atom is -0.507 e. The molecule has 5 N–H and O–H groups in total. The summed E-state index contributed by atoms with van der Waals surface area (Å²) in [4.78, 5) is 0. The van der Waals surface area contributed by atoms with Crippen LogP contribution in [0.25, 0.3) is 0 Å². The molecule has 0 aliphatic carbocycles. The molecule has 20 heavy (non-hydrogen) atoms. The third-order valence-electron chi connectivity index (χ3n) is 3.15. The lowest BCUT2D eigenvalue weighted by Gasteiger charge is -2.15. The SMILES string of the molecule is NCc1ccc(C(O)c2c(O)cc(CO)cc2F)cc1. The lowest BCUT2D eigenvalue weighted by molar-refractivity contribution is 0.209. The second-order valence-corrected chi connectivity index (χ2v) is 4.52. The molecule has 0 aliphatic heterocycles. The topological polar surface area (TPSA) is 86.7 Å². The molecule has 1 unspecified atom stereocenters. The summed E-state index contributed by atoms with van der Waals surface area (Å²) in [6, 6.07) is 9.05. The molecule has 5 heteroatoms. The summed E-state index contributed by atoms with van der Waals surface area (Å²) in [5, 5.41) is 28.9. The van der Waals surface area contributed by atoms with Gasteiger partial charge in [-0.15, -0.1) is 0 Å². The Labute approximate surface area is 115 Å². The van der Waals surface area contributed by atoms with Crippen LogP contribution in [-0.2, 0) is 13.2 Å². The Morgan fingerprint density at radius 2 is 1.75 bits per heavy atom. The first-order valence-electron chi connectivity index (χ1n) is 6.16. The minimum atomic E-state index is -1.28. The molecule has 0 saturated heterocycles. The van der Waals surface area contributed by atoms with Crippen LogP contribution in [-0.4, -0.2) is 15.3 Å². The van der Waals surface area contributed by atoms with Crippen molar-refractivity contribution in [3.05, 3.63) is 64.5 Å². The Kier molecular flexibility index (Phi) is 4.34. The third kappa shape index (κ3) is 2.80. The van der Waals surface area contributed by atoms with Gasteiger partial charge in [-0.1, -0.05) is 24.3 Å². The van der Waals surface area contributed by atoms with Crippen LogP contribution >= 0.6 is 0 Å². The maximum Gasteiger partial charge on any atom is 0.133 e. The van der Waals surface area contributed by atoms with E-state index in [1.165, 1.54) is 6.07 Å². The molecule has 0 aliphatic rings. The number of hydrogen-bond donors (Lipinski definition) is 4. The summed E-state index contributed by atoms with van der Waals surface area (Å²) in [5.41, 5.74) is 6.86. The lowest BCUT2D eigenvalue weighted by atomic mass is 9.98. The van der Waals surface area contributed by atoms with Crippen LogP contribution in [0.4, 0.5) is 4.39 Å². The Morgan fingerprint density at radius 3 is 2.25 bits per heavy atom. The van der Waals surface area contributed by atoms with Gasteiger partial charge in [0.15, 0.2) is 0 Å². The van der Waals surface area contributed by atoms with E-state index in [9.17, 15) is 14.6 Å². The first-order valence-corrected chi connectivity index (χ1v) is 6.16. The number of hydrogen-bond acceptors (Lipinski definition) is 4. The van der Waals surface area contributed by atoms with Gasteiger partial charge in [0.05, 0.1) is 12.2 Å². The molecule has 0 aromatic heterocycles. The van der Waals surface area contributed by atoms with E-state index in [0.29, 0.717) is 12.1 Å². The molecule has 106 valence electrons. The number of halogens is 1. The highest BCUT2D eigenvalue weighted by molar-refractivity contribution is 5.43. The fourth-order valence-electron chi connectivity index (χ4n) is 2.02. The van der Waals surface area contributed by atoms with Crippen molar-refractivity contribution in [3.8, 4) is 5.75 Å². The standard InChI is InChI=1S/C15H16FNO3/c16-12-5-10(8-18)6-13(19)14(12)15(20)11-3-1-9(7-17)2-4-11/h1-6,15,18-20H,7-8,17H2. The predicted molar refractivity (Wildman–Crippen MR) is 72.4 cm³/mol. The number of aliphatic hydroxyl groups excluding tert-OH is 2. The van der Waals surface area contributed by atoms with Gasteiger partial charge in [0.1, 0.15) is 17.7 Å². The van der Waals surface area contributed by atoms with Crippen LogP contribution in [0.5, 0.6) is 5.75 Å². The fraction of sp³-hybridized carbons (Fsp3) is 0.200. The van der Waals surface area contributed by atoms with Gasteiger partial charge in [-0.2, -0.15) is 0 Å². The molecule has 2 rings (SSSR count). The quantitative estimate of drug-likeness (QED) is 0.683. The Balaban J connectivity index is 2.39. The molecular weight excluding hydrogens is 261 g/mol. The van der Waals surface area contributed by atoms with Crippen molar-refractivity contribution in [1.29, 1.82) is 0 Å². The van der Waals surface area contributed by atoms with Crippen molar-refractivity contribution in [1.82, 2.24) is 0 Å². The first-order chi connectivity index (χ1) is 9.56. The number of benzene rings is 2. The van der Waals surface area contributed by atoms with Crippen LogP contribution in [0, 0.1) is 5.82 Å². The van der Waals surface area contributed by atoms with Crippen LogP contribution in [0.3, 0.4) is 0 Å². The van der Waals surface area contributed by atoms with E-state index in [0.717, 1.165) is 11.6 Å². The summed E-state index contributed by atoms with van der Waals surface area (Å²) in [6.07, 6.45) is -1.28. The van der Waals surface area contributed by atoms with E-state index < -0.39 is 11.9 Å². The van der Waals surface area contributed by atoms with Gasteiger partial charge in [0.2, 0.25) is 0 Å². The number of phenolic OH excluding ortho intramolecular Hbond substituents is 1. The van der Waals surface area contributed by atoms with Crippen molar-refractivity contribution in [2.45, 2.75) is 19.3 Å². The van der Waals surface area contributed by atoms with E-state index in [-0.39, 0.29) is 23.5 Å². The number of rotatable bonds is 4. The number of aliphatic hydroxyl groups is 2. The maximum atomic E-state index is 13.9. The van der Waals surface area contributed by atoms with Gasteiger partial charge in [-0.3, -0.25) is 0 Å². The Hall–Kier alpha value is -1.95. The molecule has 0 spiro atoms. The van der Waals surface area contributed by atoms with Gasteiger partial charge in [-0.05, 0) is 28.8 Å². The molecule has 4 nitrogen and oxygen atoms in total. The van der Waals surface area contributed by atoms with E-state index in [1.54, 1.807) is 24.3 Å². The summed E-state index contributed by atoms with van der Waals surface area (Å²) < 4.78 is 13.9. The minimum absolute atomic E-state index is 0.206. The van der Waals surface area contributed by atoms with Gasteiger partial charge >= 0.3 is 0 Å². The second-order valence-electron chi connectivity index (χ2n) is 4.52. The van der Waals surface area contributed by atoms with Gasteiger partial charge in [0, 0.05) is 6.54 Å². The second kappa shape index (κ2) is 6.00. The molecular formula is C15H16FNO3. The fourth-order valence-corrected chi connectivity index (χ4v) is 2.02.